The highest BCUT2D eigenvalue weighted by atomic mass is 16.7. The van der Waals surface area contributed by atoms with Crippen LogP contribution in [-0.4, -0.2) is 28.4 Å². The molecule has 0 atom stereocenters. The van der Waals surface area contributed by atoms with Gasteiger partial charge in [0, 0.05) is 6.42 Å². The Morgan fingerprint density at radius 2 is 1.21 bits per heavy atom. The van der Waals surface area contributed by atoms with Crippen molar-refractivity contribution in [2.75, 3.05) is 0 Å². The van der Waals surface area contributed by atoms with Gasteiger partial charge in [0.15, 0.2) is 0 Å². The van der Waals surface area contributed by atoms with Crippen molar-refractivity contribution < 1.29 is 29.3 Å². The Hall–Kier alpha value is -3.02. The van der Waals surface area contributed by atoms with E-state index in [-0.39, 0.29) is 11.1 Å². The van der Waals surface area contributed by atoms with Gasteiger partial charge in [-0.05, 0) is 55.0 Å². The van der Waals surface area contributed by atoms with Crippen molar-refractivity contribution in [3.8, 4) is 11.5 Å². The molecule has 6 nitrogen and oxygen atoms in total. The van der Waals surface area contributed by atoms with E-state index in [0.29, 0.717) is 17.9 Å². The van der Waals surface area contributed by atoms with Crippen molar-refractivity contribution in [1.82, 2.24) is 0 Å². The van der Waals surface area contributed by atoms with Crippen LogP contribution < -0.4 is 9.47 Å². The summed E-state index contributed by atoms with van der Waals surface area (Å²) in [6, 6.07) is 12.1. The molecule has 0 fully saturated rings. The normalized spacial score (nSPS) is 10.4. The Labute approximate surface area is 139 Å². The number of carbonyl (C=O) groups is 2. The fourth-order valence-corrected chi connectivity index (χ4v) is 2.03. The summed E-state index contributed by atoms with van der Waals surface area (Å²) >= 11 is 0. The highest BCUT2D eigenvalue weighted by Gasteiger charge is 2.13. The quantitative estimate of drug-likeness (QED) is 0.717. The molecule has 0 aliphatic rings. The van der Waals surface area contributed by atoms with Crippen LogP contribution in [0.3, 0.4) is 0 Å². The van der Waals surface area contributed by atoms with Gasteiger partial charge >= 0.3 is 11.9 Å². The molecule has 0 aliphatic carbocycles. The molecule has 0 amide bonds. The van der Waals surface area contributed by atoms with Gasteiger partial charge in [-0.1, -0.05) is 6.92 Å². The van der Waals surface area contributed by atoms with Gasteiger partial charge in [-0.15, -0.1) is 0 Å². The van der Waals surface area contributed by atoms with Crippen molar-refractivity contribution >= 4 is 11.9 Å². The SMILES string of the molecule is CCCC(Oc1ccc(C(=O)O)cc1)Oc1ccc(C(=O)O)cc1. The summed E-state index contributed by atoms with van der Waals surface area (Å²) in [5.41, 5.74) is 0.360. The maximum atomic E-state index is 10.8. The van der Waals surface area contributed by atoms with E-state index >= 15 is 0 Å². The summed E-state index contributed by atoms with van der Waals surface area (Å²) in [4.78, 5) is 21.7. The first-order valence-corrected chi connectivity index (χ1v) is 7.49. The molecule has 0 saturated heterocycles. The molecule has 0 bridgehead atoms. The van der Waals surface area contributed by atoms with E-state index in [1.165, 1.54) is 24.3 Å². The van der Waals surface area contributed by atoms with Gasteiger partial charge in [0.1, 0.15) is 11.5 Å². The number of carboxylic acid groups (broad SMARTS) is 2. The van der Waals surface area contributed by atoms with E-state index in [9.17, 15) is 9.59 Å². The van der Waals surface area contributed by atoms with Gasteiger partial charge in [0.05, 0.1) is 11.1 Å². The van der Waals surface area contributed by atoms with Crippen LogP contribution in [0.25, 0.3) is 0 Å². The summed E-state index contributed by atoms with van der Waals surface area (Å²) < 4.78 is 11.5. The minimum atomic E-state index is -0.999. The molecule has 126 valence electrons. The zero-order valence-electron chi connectivity index (χ0n) is 13.1. The molecule has 0 saturated carbocycles. The monoisotopic (exact) mass is 330 g/mol. The van der Waals surface area contributed by atoms with Crippen LogP contribution in [0, 0.1) is 0 Å². The molecule has 0 unspecified atom stereocenters. The second-order valence-electron chi connectivity index (χ2n) is 5.11. The predicted molar refractivity (Wildman–Crippen MR) is 86.8 cm³/mol. The van der Waals surface area contributed by atoms with Crippen LogP contribution in [0.2, 0.25) is 0 Å². The van der Waals surface area contributed by atoms with E-state index in [4.69, 9.17) is 19.7 Å². The zero-order chi connectivity index (χ0) is 17.5. The minimum absolute atomic E-state index is 0.180. The van der Waals surface area contributed by atoms with Crippen LogP contribution in [0.4, 0.5) is 0 Å². The van der Waals surface area contributed by atoms with Gasteiger partial charge in [-0.25, -0.2) is 9.59 Å². The predicted octanol–water partition coefficient (Wildman–Crippen LogP) is 3.67. The molecular weight excluding hydrogens is 312 g/mol. The molecule has 2 N–H and O–H groups in total. The van der Waals surface area contributed by atoms with Crippen molar-refractivity contribution in [3.05, 3.63) is 59.7 Å². The molecule has 2 aromatic carbocycles. The standard InChI is InChI=1S/C18H18O6/c1-2-3-16(23-14-8-4-12(5-9-14)17(19)20)24-15-10-6-13(7-11-15)18(21)22/h4-11,16H,2-3H2,1H3,(H,19,20)(H,21,22). The number of benzene rings is 2. The van der Waals surface area contributed by atoms with Crippen LogP contribution in [0.5, 0.6) is 11.5 Å². The van der Waals surface area contributed by atoms with Gasteiger partial charge < -0.3 is 19.7 Å². The molecular formula is C18H18O6. The minimum Gasteiger partial charge on any atom is -0.478 e. The Morgan fingerprint density at radius 1 is 0.833 bits per heavy atom. The first kappa shape index (κ1) is 17.3. The van der Waals surface area contributed by atoms with Crippen molar-refractivity contribution in [2.24, 2.45) is 0 Å². The van der Waals surface area contributed by atoms with Crippen molar-refractivity contribution in [2.45, 2.75) is 26.1 Å². The van der Waals surface area contributed by atoms with Gasteiger partial charge in [-0.2, -0.15) is 0 Å². The summed E-state index contributed by atoms with van der Waals surface area (Å²) in [7, 11) is 0. The zero-order valence-corrected chi connectivity index (χ0v) is 13.1. The maximum absolute atomic E-state index is 10.8. The molecule has 0 heterocycles. The second-order valence-corrected chi connectivity index (χ2v) is 5.11. The number of rotatable bonds is 8. The lowest BCUT2D eigenvalue weighted by atomic mass is 10.2. The van der Waals surface area contributed by atoms with Crippen LogP contribution in [0.1, 0.15) is 40.5 Å². The van der Waals surface area contributed by atoms with E-state index in [1.54, 1.807) is 24.3 Å². The van der Waals surface area contributed by atoms with Crippen LogP contribution >= 0.6 is 0 Å². The molecule has 0 aromatic heterocycles. The van der Waals surface area contributed by atoms with E-state index in [2.05, 4.69) is 0 Å². The number of carboxylic acids is 2. The van der Waals surface area contributed by atoms with E-state index in [1.807, 2.05) is 6.92 Å². The molecule has 2 rings (SSSR count). The molecule has 0 spiro atoms. The topological polar surface area (TPSA) is 93.1 Å². The molecule has 6 heteroatoms. The smallest absolute Gasteiger partial charge is 0.335 e. The first-order valence-electron chi connectivity index (χ1n) is 7.49. The maximum Gasteiger partial charge on any atom is 0.335 e. The third-order valence-corrected chi connectivity index (χ3v) is 3.26. The number of ether oxygens (including phenoxy) is 2. The Kier molecular flexibility index (Phi) is 5.78. The number of hydrogen-bond donors (Lipinski definition) is 2. The fourth-order valence-electron chi connectivity index (χ4n) is 2.03. The largest absolute Gasteiger partial charge is 0.478 e. The lowest BCUT2D eigenvalue weighted by molar-refractivity contribution is -0.00104. The first-order chi connectivity index (χ1) is 11.5. The van der Waals surface area contributed by atoms with E-state index in [0.717, 1.165) is 6.42 Å². The molecule has 24 heavy (non-hydrogen) atoms. The van der Waals surface area contributed by atoms with Gasteiger partial charge in [-0.3, -0.25) is 0 Å². The third kappa shape index (κ3) is 4.74. The average Bonchev–Trinajstić information content (AvgIpc) is 2.56. The van der Waals surface area contributed by atoms with Gasteiger partial charge in [0.25, 0.3) is 0 Å². The second kappa shape index (κ2) is 8.01. The molecule has 2 aromatic rings. The lowest BCUT2D eigenvalue weighted by Crippen LogP contribution is -2.23. The Morgan fingerprint density at radius 3 is 1.50 bits per heavy atom. The fraction of sp³-hybridized carbons (Fsp3) is 0.222. The van der Waals surface area contributed by atoms with E-state index < -0.39 is 18.2 Å². The van der Waals surface area contributed by atoms with Crippen LogP contribution in [-0.2, 0) is 0 Å². The summed E-state index contributed by atoms with van der Waals surface area (Å²) in [5, 5.41) is 17.8. The van der Waals surface area contributed by atoms with Crippen molar-refractivity contribution in [1.29, 1.82) is 0 Å². The number of hydrogen-bond acceptors (Lipinski definition) is 4. The summed E-state index contributed by atoms with van der Waals surface area (Å²) in [5.74, 6) is -0.996. The van der Waals surface area contributed by atoms with Gasteiger partial charge in [0.2, 0.25) is 6.29 Å². The van der Waals surface area contributed by atoms with Crippen LogP contribution in [0.15, 0.2) is 48.5 Å². The average molecular weight is 330 g/mol. The highest BCUT2D eigenvalue weighted by Crippen LogP contribution is 2.20. The molecule has 0 radical (unpaired) electrons. The Balaban J connectivity index is 2.05. The lowest BCUT2D eigenvalue weighted by Gasteiger charge is -2.20. The van der Waals surface area contributed by atoms with Crippen molar-refractivity contribution in [3.63, 3.8) is 0 Å². The Bertz CT molecular complexity index is 631. The third-order valence-electron chi connectivity index (χ3n) is 3.26. The number of aromatic carboxylic acids is 2. The highest BCUT2D eigenvalue weighted by molar-refractivity contribution is 5.88. The summed E-state index contributed by atoms with van der Waals surface area (Å²) in [6.45, 7) is 1.99. The molecule has 0 aliphatic heterocycles. The summed E-state index contributed by atoms with van der Waals surface area (Å²) in [6.07, 6.45) is 0.897.